The third-order valence-corrected chi connectivity index (χ3v) is 3.85. The van der Waals surface area contributed by atoms with Gasteiger partial charge in [-0.1, -0.05) is 18.2 Å². The van der Waals surface area contributed by atoms with Crippen molar-refractivity contribution in [2.24, 2.45) is 0 Å². The number of rotatable bonds is 4. The monoisotopic (exact) mass is 343 g/mol. The largest absolute Gasteiger partial charge is 0.348 e. The van der Waals surface area contributed by atoms with Crippen molar-refractivity contribution >= 4 is 16.8 Å². The fourth-order valence-corrected chi connectivity index (χ4v) is 2.59. The van der Waals surface area contributed by atoms with Crippen LogP contribution in [0.2, 0.25) is 0 Å². The highest BCUT2D eigenvalue weighted by molar-refractivity contribution is 5.79. The third kappa shape index (κ3) is 3.55. The van der Waals surface area contributed by atoms with Crippen LogP contribution in [0.4, 0.5) is 8.78 Å². The van der Waals surface area contributed by atoms with Gasteiger partial charge in [0.1, 0.15) is 18.2 Å². The highest BCUT2D eigenvalue weighted by atomic mass is 19.1. The molecule has 0 fully saturated rings. The van der Waals surface area contributed by atoms with Gasteiger partial charge in [0.05, 0.1) is 23.3 Å². The SMILES string of the molecule is C[C@@H](NC(=O)Cn1cnc2ccc(F)cc2c1=O)c1ccccc1F. The van der Waals surface area contributed by atoms with Crippen LogP contribution in [-0.2, 0) is 11.3 Å². The highest BCUT2D eigenvalue weighted by Crippen LogP contribution is 2.16. The van der Waals surface area contributed by atoms with Crippen molar-refractivity contribution in [1.82, 2.24) is 14.9 Å². The molecule has 0 radical (unpaired) electrons. The molecule has 0 saturated carbocycles. The Balaban J connectivity index is 1.79. The fraction of sp³-hybridized carbons (Fsp3) is 0.167. The van der Waals surface area contributed by atoms with Crippen LogP contribution in [0.5, 0.6) is 0 Å². The number of hydrogen-bond acceptors (Lipinski definition) is 3. The molecule has 0 unspecified atom stereocenters. The van der Waals surface area contributed by atoms with E-state index in [1.54, 1.807) is 25.1 Å². The molecule has 0 aliphatic carbocycles. The first-order valence-corrected chi connectivity index (χ1v) is 7.64. The van der Waals surface area contributed by atoms with E-state index in [-0.39, 0.29) is 11.9 Å². The van der Waals surface area contributed by atoms with Crippen molar-refractivity contribution in [1.29, 1.82) is 0 Å². The standard InChI is InChI=1S/C18H15F2N3O2/c1-11(13-4-2-3-5-15(13)20)22-17(24)9-23-10-21-16-7-6-12(19)8-14(16)18(23)25/h2-8,10-11H,9H2,1H3,(H,22,24)/t11-/m1/s1. The van der Waals surface area contributed by atoms with Crippen molar-refractivity contribution in [2.45, 2.75) is 19.5 Å². The number of fused-ring (bicyclic) bond motifs is 1. The van der Waals surface area contributed by atoms with E-state index in [0.29, 0.717) is 11.1 Å². The number of amides is 1. The molecule has 1 aromatic heterocycles. The fourth-order valence-electron chi connectivity index (χ4n) is 2.59. The maximum Gasteiger partial charge on any atom is 0.261 e. The van der Waals surface area contributed by atoms with E-state index in [0.717, 1.165) is 10.6 Å². The Morgan fingerprint density at radius 2 is 2.00 bits per heavy atom. The predicted octanol–water partition coefficient (Wildman–Crippen LogP) is 2.55. The predicted molar refractivity (Wildman–Crippen MR) is 88.9 cm³/mol. The Morgan fingerprint density at radius 1 is 1.24 bits per heavy atom. The first-order chi connectivity index (χ1) is 12.0. The Labute approximate surface area is 141 Å². The highest BCUT2D eigenvalue weighted by Gasteiger charge is 2.14. The van der Waals surface area contributed by atoms with Crippen molar-refractivity contribution in [3.05, 3.63) is 76.3 Å². The average molecular weight is 343 g/mol. The van der Waals surface area contributed by atoms with Gasteiger partial charge in [0, 0.05) is 5.56 Å². The summed E-state index contributed by atoms with van der Waals surface area (Å²) in [6.07, 6.45) is 1.23. The van der Waals surface area contributed by atoms with Crippen LogP contribution in [0.15, 0.2) is 53.6 Å². The molecule has 2 aromatic carbocycles. The number of benzene rings is 2. The van der Waals surface area contributed by atoms with E-state index in [2.05, 4.69) is 10.3 Å². The van der Waals surface area contributed by atoms with Crippen molar-refractivity contribution in [3.8, 4) is 0 Å². The minimum atomic E-state index is -0.560. The van der Waals surface area contributed by atoms with Crippen LogP contribution in [-0.4, -0.2) is 15.5 Å². The molecule has 0 bridgehead atoms. The van der Waals surface area contributed by atoms with Crippen molar-refractivity contribution < 1.29 is 13.6 Å². The first kappa shape index (κ1) is 16.8. The maximum absolute atomic E-state index is 13.7. The average Bonchev–Trinajstić information content (AvgIpc) is 2.58. The smallest absolute Gasteiger partial charge is 0.261 e. The molecule has 3 rings (SSSR count). The van der Waals surface area contributed by atoms with Crippen LogP contribution < -0.4 is 10.9 Å². The van der Waals surface area contributed by atoms with Gasteiger partial charge >= 0.3 is 0 Å². The van der Waals surface area contributed by atoms with Crippen LogP contribution in [0, 0.1) is 11.6 Å². The number of halogens is 2. The zero-order chi connectivity index (χ0) is 18.0. The molecular weight excluding hydrogens is 328 g/mol. The number of aromatic nitrogens is 2. The van der Waals surface area contributed by atoms with Gasteiger partial charge in [-0.3, -0.25) is 14.2 Å². The Hall–Kier alpha value is -3.09. The van der Waals surface area contributed by atoms with E-state index < -0.39 is 29.1 Å². The summed E-state index contributed by atoms with van der Waals surface area (Å²) in [5.41, 5.74) is 0.183. The molecule has 0 saturated heterocycles. The Bertz CT molecular complexity index is 1000. The molecule has 1 N–H and O–H groups in total. The Morgan fingerprint density at radius 3 is 2.76 bits per heavy atom. The second-order valence-corrected chi connectivity index (χ2v) is 5.65. The molecule has 5 nitrogen and oxygen atoms in total. The lowest BCUT2D eigenvalue weighted by molar-refractivity contribution is -0.122. The summed E-state index contributed by atoms with van der Waals surface area (Å²) in [4.78, 5) is 28.6. The molecule has 1 atom stereocenters. The topological polar surface area (TPSA) is 64.0 Å². The van der Waals surface area contributed by atoms with Crippen LogP contribution in [0.1, 0.15) is 18.5 Å². The van der Waals surface area contributed by atoms with E-state index in [9.17, 15) is 18.4 Å². The van der Waals surface area contributed by atoms with Gasteiger partial charge < -0.3 is 5.32 Å². The van der Waals surface area contributed by atoms with Crippen LogP contribution in [0.3, 0.4) is 0 Å². The second kappa shape index (κ2) is 6.80. The molecule has 128 valence electrons. The summed E-state index contributed by atoms with van der Waals surface area (Å²) in [5.74, 6) is -1.45. The van der Waals surface area contributed by atoms with Crippen LogP contribution in [0.25, 0.3) is 10.9 Å². The molecule has 1 amide bonds. The van der Waals surface area contributed by atoms with Crippen molar-refractivity contribution in [2.75, 3.05) is 0 Å². The second-order valence-electron chi connectivity index (χ2n) is 5.65. The van der Waals surface area contributed by atoms with Gasteiger partial charge in [-0.15, -0.1) is 0 Å². The summed E-state index contributed by atoms with van der Waals surface area (Å²) in [7, 11) is 0. The van der Waals surface area contributed by atoms with E-state index in [1.807, 2.05) is 0 Å². The number of carbonyl (C=O) groups is 1. The quantitative estimate of drug-likeness (QED) is 0.792. The summed E-state index contributed by atoms with van der Waals surface area (Å²) in [6.45, 7) is 1.35. The molecule has 0 aliphatic heterocycles. The van der Waals surface area contributed by atoms with Crippen LogP contribution >= 0.6 is 0 Å². The third-order valence-electron chi connectivity index (χ3n) is 3.85. The van der Waals surface area contributed by atoms with Gasteiger partial charge in [-0.05, 0) is 31.2 Å². The number of nitrogens with one attached hydrogen (secondary N) is 1. The van der Waals surface area contributed by atoms with Gasteiger partial charge in [-0.25, -0.2) is 13.8 Å². The molecule has 0 spiro atoms. The zero-order valence-corrected chi connectivity index (χ0v) is 13.4. The molecule has 3 aromatic rings. The normalized spacial score (nSPS) is 12.1. The van der Waals surface area contributed by atoms with Gasteiger partial charge in [0.25, 0.3) is 5.56 Å². The number of carbonyl (C=O) groups excluding carboxylic acids is 1. The molecule has 0 aliphatic rings. The summed E-state index contributed by atoms with van der Waals surface area (Å²) in [5, 5.41) is 2.73. The number of hydrogen-bond donors (Lipinski definition) is 1. The summed E-state index contributed by atoms with van der Waals surface area (Å²) >= 11 is 0. The van der Waals surface area contributed by atoms with E-state index in [4.69, 9.17) is 0 Å². The van der Waals surface area contributed by atoms with Crippen molar-refractivity contribution in [3.63, 3.8) is 0 Å². The minimum absolute atomic E-state index is 0.0949. The molecule has 1 heterocycles. The zero-order valence-electron chi connectivity index (χ0n) is 13.4. The molecular formula is C18H15F2N3O2. The molecule has 7 heteroatoms. The van der Waals surface area contributed by atoms with Gasteiger partial charge in [0.15, 0.2) is 0 Å². The lowest BCUT2D eigenvalue weighted by atomic mass is 10.1. The van der Waals surface area contributed by atoms with E-state index in [1.165, 1.54) is 24.5 Å². The van der Waals surface area contributed by atoms with E-state index >= 15 is 0 Å². The lowest BCUT2D eigenvalue weighted by Gasteiger charge is -2.15. The maximum atomic E-state index is 13.7. The first-order valence-electron chi connectivity index (χ1n) is 7.64. The van der Waals surface area contributed by atoms with Gasteiger partial charge in [0.2, 0.25) is 5.91 Å². The summed E-state index contributed by atoms with van der Waals surface area (Å²) in [6, 6.07) is 9.26. The van der Waals surface area contributed by atoms with Gasteiger partial charge in [-0.2, -0.15) is 0 Å². The summed E-state index contributed by atoms with van der Waals surface area (Å²) < 4.78 is 28.1. The lowest BCUT2D eigenvalue weighted by Crippen LogP contribution is -2.34. The number of nitrogens with zero attached hydrogens (tertiary/aromatic N) is 2. The minimum Gasteiger partial charge on any atom is -0.348 e. The Kier molecular flexibility index (Phi) is 4.56. The molecule has 25 heavy (non-hydrogen) atoms.